The van der Waals surface area contributed by atoms with Gasteiger partial charge in [0.25, 0.3) is 0 Å². The fourth-order valence-corrected chi connectivity index (χ4v) is 1.94. The first-order valence-corrected chi connectivity index (χ1v) is 5.76. The number of amides is 1. The van der Waals surface area contributed by atoms with Gasteiger partial charge in [-0.05, 0) is 18.6 Å². The molecule has 4 heteroatoms. The zero-order chi connectivity index (χ0) is 11.5. The Morgan fingerprint density at radius 3 is 2.81 bits per heavy atom. The molecule has 0 spiro atoms. The molecule has 1 saturated heterocycles. The third kappa shape index (κ3) is 2.27. The van der Waals surface area contributed by atoms with Crippen molar-refractivity contribution in [2.45, 2.75) is 32.4 Å². The van der Waals surface area contributed by atoms with E-state index in [1.165, 1.54) is 0 Å². The Morgan fingerprint density at radius 2 is 2.25 bits per heavy atom. The van der Waals surface area contributed by atoms with E-state index in [2.05, 4.69) is 12.2 Å². The van der Waals surface area contributed by atoms with Crippen LogP contribution in [-0.4, -0.2) is 30.4 Å². The van der Waals surface area contributed by atoms with Crippen molar-refractivity contribution in [3.63, 3.8) is 0 Å². The summed E-state index contributed by atoms with van der Waals surface area (Å²) in [4.78, 5) is 13.4. The second-order valence-corrected chi connectivity index (χ2v) is 4.20. The molecule has 1 fully saturated rings. The lowest BCUT2D eigenvalue weighted by Gasteiger charge is -2.10. The molecule has 0 aliphatic carbocycles. The molecule has 1 aliphatic heterocycles. The number of furan rings is 1. The van der Waals surface area contributed by atoms with Gasteiger partial charge in [-0.2, -0.15) is 0 Å². The molecule has 0 bridgehead atoms. The lowest BCUT2D eigenvalue weighted by Crippen LogP contribution is -2.36. The molecule has 2 heterocycles. The van der Waals surface area contributed by atoms with Gasteiger partial charge in [-0.1, -0.05) is 6.92 Å². The van der Waals surface area contributed by atoms with Crippen molar-refractivity contribution in [3.8, 4) is 0 Å². The first kappa shape index (κ1) is 11.2. The monoisotopic (exact) mass is 222 g/mol. The third-order valence-corrected chi connectivity index (χ3v) is 3.02. The molecule has 0 aromatic carbocycles. The minimum Gasteiger partial charge on any atom is -0.465 e. The number of hydrogen-bond acceptors (Lipinski definition) is 3. The summed E-state index contributed by atoms with van der Waals surface area (Å²) in [6, 6.07) is 3.91. The van der Waals surface area contributed by atoms with Gasteiger partial charge in [0.15, 0.2) is 0 Å². The van der Waals surface area contributed by atoms with Crippen molar-refractivity contribution in [3.05, 3.63) is 23.7 Å². The van der Waals surface area contributed by atoms with Crippen LogP contribution in [0.25, 0.3) is 0 Å². The van der Waals surface area contributed by atoms with Gasteiger partial charge in [0.2, 0.25) is 5.91 Å². The second kappa shape index (κ2) is 4.70. The summed E-state index contributed by atoms with van der Waals surface area (Å²) in [6.07, 6.45) is 1.79. The van der Waals surface area contributed by atoms with Crippen LogP contribution in [-0.2, 0) is 17.8 Å². The normalized spacial score (nSPS) is 20.8. The van der Waals surface area contributed by atoms with Crippen molar-refractivity contribution < 1.29 is 9.21 Å². The van der Waals surface area contributed by atoms with Crippen LogP contribution >= 0.6 is 0 Å². The van der Waals surface area contributed by atoms with Gasteiger partial charge < -0.3 is 9.32 Å². The quantitative estimate of drug-likeness (QED) is 0.831. The molecule has 1 N–H and O–H groups in total. The van der Waals surface area contributed by atoms with Crippen molar-refractivity contribution in [1.82, 2.24) is 10.2 Å². The molecular weight excluding hydrogens is 204 g/mol. The molecule has 88 valence electrons. The number of nitrogens with zero attached hydrogens (tertiary/aromatic N) is 1. The third-order valence-electron chi connectivity index (χ3n) is 3.02. The highest BCUT2D eigenvalue weighted by atomic mass is 16.3. The van der Waals surface area contributed by atoms with E-state index in [9.17, 15) is 4.79 Å². The molecule has 4 nitrogen and oxygen atoms in total. The smallest absolute Gasteiger partial charge is 0.239 e. The van der Waals surface area contributed by atoms with Crippen LogP contribution in [0.1, 0.15) is 24.9 Å². The van der Waals surface area contributed by atoms with E-state index in [1.54, 1.807) is 4.90 Å². The highest BCUT2D eigenvalue weighted by Gasteiger charge is 2.28. The molecule has 0 radical (unpaired) electrons. The summed E-state index contributed by atoms with van der Waals surface area (Å²) < 4.78 is 5.57. The van der Waals surface area contributed by atoms with Crippen LogP contribution in [0.2, 0.25) is 0 Å². The number of likely N-dealkylation sites (tertiary alicyclic amines) is 1. The van der Waals surface area contributed by atoms with Gasteiger partial charge in [-0.25, -0.2) is 0 Å². The average Bonchev–Trinajstić information content (AvgIpc) is 2.86. The van der Waals surface area contributed by atoms with Crippen molar-refractivity contribution in [2.24, 2.45) is 0 Å². The lowest BCUT2D eigenvalue weighted by atomic mass is 10.2. The predicted octanol–water partition coefficient (Wildman–Crippen LogP) is 1.16. The maximum atomic E-state index is 11.6. The maximum Gasteiger partial charge on any atom is 0.239 e. The summed E-state index contributed by atoms with van der Waals surface area (Å²) in [5.41, 5.74) is 0. The standard InChI is InChI=1S/C12H18N2O2/c1-3-9-4-5-10(16-9)8-13-11-6-7-14(2)12(11)15/h4-5,11,13H,3,6-8H2,1-2H3. The number of carbonyl (C=O) groups excluding carboxylic acids is 1. The van der Waals surface area contributed by atoms with Crippen LogP contribution < -0.4 is 5.32 Å². The Hall–Kier alpha value is -1.29. The van der Waals surface area contributed by atoms with Crippen molar-refractivity contribution in [2.75, 3.05) is 13.6 Å². The van der Waals surface area contributed by atoms with Gasteiger partial charge >= 0.3 is 0 Å². The van der Waals surface area contributed by atoms with Crippen LogP contribution in [0.5, 0.6) is 0 Å². The fourth-order valence-electron chi connectivity index (χ4n) is 1.94. The molecule has 1 aromatic rings. The number of carbonyl (C=O) groups is 1. The van der Waals surface area contributed by atoms with E-state index in [4.69, 9.17) is 4.42 Å². The van der Waals surface area contributed by atoms with E-state index in [-0.39, 0.29) is 11.9 Å². The fraction of sp³-hybridized carbons (Fsp3) is 0.583. The van der Waals surface area contributed by atoms with E-state index in [0.717, 1.165) is 30.9 Å². The second-order valence-electron chi connectivity index (χ2n) is 4.20. The van der Waals surface area contributed by atoms with Crippen LogP contribution in [0.4, 0.5) is 0 Å². The van der Waals surface area contributed by atoms with Crippen molar-refractivity contribution in [1.29, 1.82) is 0 Å². The van der Waals surface area contributed by atoms with E-state index < -0.39 is 0 Å². The largest absolute Gasteiger partial charge is 0.465 e. The number of likely N-dealkylation sites (N-methyl/N-ethyl adjacent to an activating group) is 1. The highest BCUT2D eigenvalue weighted by molar-refractivity contribution is 5.83. The molecule has 1 amide bonds. The Labute approximate surface area is 95.6 Å². The molecule has 0 saturated carbocycles. The zero-order valence-corrected chi connectivity index (χ0v) is 9.82. The summed E-state index contributed by atoms with van der Waals surface area (Å²) in [5.74, 6) is 2.08. The molecular formula is C12H18N2O2. The van der Waals surface area contributed by atoms with Gasteiger partial charge in [0.1, 0.15) is 11.5 Å². The highest BCUT2D eigenvalue weighted by Crippen LogP contribution is 2.11. The van der Waals surface area contributed by atoms with Gasteiger partial charge in [-0.15, -0.1) is 0 Å². The van der Waals surface area contributed by atoms with E-state index >= 15 is 0 Å². The predicted molar refractivity (Wildman–Crippen MR) is 61.0 cm³/mol. The molecule has 1 unspecified atom stereocenters. The summed E-state index contributed by atoms with van der Waals surface area (Å²) in [5, 5.41) is 3.23. The summed E-state index contributed by atoms with van der Waals surface area (Å²) in [7, 11) is 1.84. The van der Waals surface area contributed by atoms with Gasteiger partial charge in [0.05, 0.1) is 12.6 Å². The zero-order valence-electron chi connectivity index (χ0n) is 9.82. The number of nitrogens with one attached hydrogen (secondary N) is 1. The van der Waals surface area contributed by atoms with E-state index in [0.29, 0.717) is 6.54 Å². The Balaban J connectivity index is 1.85. The molecule has 16 heavy (non-hydrogen) atoms. The Bertz CT molecular complexity index is 373. The number of rotatable bonds is 4. The van der Waals surface area contributed by atoms with E-state index in [1.807, 2.05) is 19.2 Å². The topological polar surface area (TPSA) is 45.5 Å². The maximum absolute atomic E-state index is 11.6. The van der Waals surface area contributed by atoms with Crippen LogP contribution in [0, 0.1) is 0 Å². The molecule has 1 aliphatic rings. The first-order valence-electron chi connectivity index (χ1n) is 5.76. The summed E-state index contributed by atoms with van der Waals surface area (Å²) in [6.45, 7) is 3.53. The van der Waals surface area contributed by atoms with Crippen LogP contribution in [0.15, 0.2) is 16.5 Å². The average molecular weight is 222 g/mol. The number of hydrogen-bond donors (Lipinski definition) is 1. The summed E-state index contributed by atoms with van der Waals surface area (Å²) >= 11 is 0. The van der Waals surface area contributed by atoms with Crippen molar-refractivity contribution >= 4 is 5.91 Å². The first-order chi connectivity index (χ1) is 7.70. The molecule has 1 atom stereocenters. The minimum absolute atomic E-state index is 0.0415. The molecule has 1 aromatic heterocycles. The molecule has 2 rings (SSSR count). The minimum atomic E-state index is -0.0415. The van der Waals surface area contributed by atoms with Crippen LogP contribution in [0.3, 0.4) is 0 Å². The SMILES string of the molecule is CCc1ccc(CNC2CCN(C)C2=O)o1. The van der Waals surface area contributed by atoms with Gasteiger partial charge in [-0.3, -0.25) is 10.1 Å². The lowest BCUT2D eigenvalue weighted by molar-refractivity contribution is -0.128. The Morgan fingerprint density at radius 1 is 1.50 bits per heavy atom. The number of aryl methyl sites for hydroxylation is 1. The Kier molecular flexibility index (Phi) is 3.29. The van der Waals surface area contributed by atoms with Gasteiger partial charge in [0, 0.05) is 20.0 Å².